The normalized spacial score (nSPS) is 50.2. The number of carboxylic acid groups (broad SMARTS) is 1. The molecule has 0 amide bonds. The zero-order valence-electron chi connectivity index (χ0n) is 24.4. The van der Waals surface area contributed by atoms with Gasteiger partial charge in [-0.25, -0.2) is 0 Å². The molecule has 0 radical (unpaired) electrons. The average molecular weight is 513 g/mol. The first-order valence-electron chi connectivity index (χ1n) is 15.2. The number of fused-ring (bicyclic) bond motifs is 7. The topological polar surface area (TPSA) is 74.6 Å². The number of aliphatic hydroxyl groups excluding tert-OH is 1. The maximum atomic E-state index is 13.8. The first kappa shape index (κ1) is 27.4. The minimum Gasteiger partial charge on any atom is -0.481 e. The Labute approximate surface area is 225 Å². The molecule has 0 aliphatic heterocycles. The maximum Gasteiger partial charge on any atom is 0.303 e. The highest BCUT2D eigenvalue weighted by Gasteiger charge is 2.71. The third kappa shape index (κ3) is 3.55. The molecule has 0 aromatic rings. The molecule has 4 nitrogen and oxygen atoms in total. The standard InChI is InChI=1S/C33H52O4/c1-20(2)21-12-17-33(26(35)10-11-27(36)37)19-18-31(6)22(28(21)33)8-9-24-30(5)15-14-25(34)29(3,4)23(30)13-16-32(24,31)7/h21-25,28,34H,1,8-19H2,2-7H3,(H,36,37)/t21-,22?,23?,24?,25-,28?,30-,31+,32+,33+/m0/s1. The molecule has 5 aliphatic carbocycles. The Hall–Kier alpha value is -1.16. The van der Waals surface area contributed by atoms with Crippen LogP contribution in [0, 0.1) is 56.7 Å². The number of ketones is 1. The Balaban J connectivity index is 1.53. The number of hydrogen-bond acceptors (Lipinski definition) is 3. The van der Waals surface area contributed by atoms with Gasteiger partial charge in [0.15, 0.2) is 0 Å². The van der Waals surface area contributed by atoms with Gasteiger partial charge in [0.25, 0.3) is 0 Å². The summed E-state index contributed by atoms with van der Waals surface area (Å²) >= 11 is 0. The molecule has 0 aromatic carbocycles. The molecule has 4 unspecified atom stereocenters. The number of allylic oxidation sites excluding steroid dienone is 1. The highest BCUT2D eigenvalue weighted by Crippen LogP contribution is 2.77. The van der Waals surface area contributed by atoms with Gasteiger partial charge in [0.1, 0.15) is 5.78 Å². The predicted molar refractivity (Wildman–Crippen MR) is 147 cm³/mol. The van der Waals surface area contributed by atoms with E-state index in [0.29, 0.717) is 29.6 Å². The number of aliphatic hydroxyl groups is 1. The van der Waals surface area contributed by atoms with Crippen molar-refractivity contribution in [2.45, 2.75) is 125 Å². The molecule has 0 spiro atoms. The smallest absolute Gasteiger partial charge is 0.303 e. The molecular formula is C33H52O4. The Morgan fingerprint density at radius 1 is 0.811 bits per heavy atom. The van der Waals surface area contributed by atoms with E-state index in [1.165, 1.54) is 31.3 Å². The summed E-state index contributed by atoms with van der Waals surface area (Å²) in [6.45, 7) is 18.9. The molecular weight excluding hydrogens is 460 g/mol. The van der Waals surface area contributed by atoms with Crippen LogP contribution in [0.4, 0.5) is 0 Å². The molecule has 0 saturated heterocycles. The summed E-state index contributed by atoms with van der Waals surface area (Å²) in [4.78, 5) is 25.2. The predicted octanol–water partition coefficient (Wildman–Crippen LogP) is 7.44. The van der Waals surface area contributed by atoms with Crippen LogP contribution in [0.3, 0.4) is 0 Å². The molecule has 0 bridgehead atoms. The number of rotatable bonds is 5. The van der Waals surface area contributed by atoms with Crippen LogP contribution in [0.25, 0.3) is 0 Å². The lowest BCUT2D eigenvalue weighted by molar-refractivity contribution is -0.246. The van der Waals surface area contributed by atoms with E-state index in [-0.39, 0.29) is 51.8 Å². The second-order valence-electron chi connectivity index (χ2n) is 15.5. The van der Waals surface area contributed by atoms with Gasteiger partial charge in [-0.05, 0) is 122 Å². The second-order valence-corrected chi connectivity index (χ2v) is 15.5. The van der Waals surface area contributed by atoms with Gasteiger partial charge in [0, 0.05) is 11.8 Å². The Morgan fingerprint density at radius 3 is 2.16 bits per heavy atom. The average Bonchev–Trinajstić information content (AvgIpc) is 3.22. The van der Waals surface area contributed by atoms with Crippen LogP contribution in [0.15, 0.2) is 12.2 Å². The van der Waals surface area contributed by atoms with Crippen LogP contribution < -0.4 is 0 Å². The van der Waals surface area contributed by atoms with Crippen LogP contribution in [-0.4, -0.2) is 28.1 Å². The summed E-state index contributed by atoms with van der Waals surface area (Å²) in [6.07, 6.45) is 10.7. The van der Waals surface area contributed by atoms with Crippen molar-refractivity contribution in [3.8, 4) is 0 Å². The van der Waals surface area contributed by atoms with Gasteiger partial charge in [-0.1, -0.05) is 46.8 Å². The van der Waals surface area contributed by atoms with Crippen molar-refractivity contribution >= 4 is 11.8 Å². The summed E-state index contributed by atoms with van der Waals surface area (Å²) < 4.78 is 0. The van der Waals surface area contributed by atoms with Crippen LogP contribution in [0.2, 0.25) is 0 Å². The van der Waals surface area contributed by atoms with Gasteiger partial charge >= 0.3 is 5.97 Å². The van der Waals surface area contributed by atoms with Gasteiger partial charge in [-0.3, -0.25) is 9.59 Å². The summed E-state index contributed by atoms with van der Waals surface area (Å²) in [5.74, 6) is 1.71. The SMILES string of the molecule is C=C(C)[C@@H]1CC[C@]2(C(=O)CCC(=O)O)CC[C@]3(C)C(CCC4[C@@]5(C)CC[C@H](O)C(C)(C)C5CC[C@]43C)C12. The molecule has 10 atom stereocenters. The lowest BCUT2D eigenvalue weighted by Crippen LogP contribution is -2.67. The van der Waals surface area contributed by atoms with Crippen molar-refractivity contribution in [2.75, 3.05) is 0 Å². The monoisotopic (exact) mass is 512 g/mol. The largest absolute Gasteiger partial charge is 0.481 e. The molecule has 5 fully saturated rings. The van der Waals surface area contributed by atoms with Gasteiger partial charge in [0.2, 0.25) is 0 Å². The number of carbonyl (C=O) groups excluding carboxylic acids is 1. The second kappa shape index (κ2) is 8.67. The molecule has 4 heteroatoms. The zero-order chi connectivity index (χ0) is 27.2. The highest BCUT2D eigenvalue weighted by molar-refractivity contribution is 5.88. The first-order chi connectivity index (χ1) is 17.1. The quantitative estimate of drug-likeness (QED) is 0.375. The maximum absolute atomic E-state index is 13.8. The van der Waals surface area contributed by atoms with Gasteiger partial charge in [-0.15, -0.1) is 0 Å². The van der Waals surface area contributed by atoms with E-state index in [1.807, 2.05) is 0 Å². The van der Waals surface area contributed by atoms with E-state index in [9.17, 15) is 19.8 Å². The Bertz CT molecular complexity index is 983. The van der Waals surface area contributed by atoms with E-state index in [0.717, 1.165) is 38.5 Å². The minimum atomic E-state index is -0.866. The van der Waals surface area contributed by atoms with Crippen molar-refractivity contribution < 1.29 is 19.8 Å². The minimum absolute atomic E-state index is 0.0408. The molecule has 0 aromatic heterocycles. The Morgan fingerprint density at radius 2 is 1.51 bits per heavy atom. The van der Waals surface area contributed by atoms with Crippen LogP contribution >= 0.6 is 0 Å². The summed E-state index contributed by atoms with van der Waals surface area (Å²) in [5.41, 5.74) is 1.46. The number of carbonyl (C=O) groups is 2. The molecule has 5 saturated carbocycles. The lowest BCUT2D eigenvalue weighted by atomic mass is 9.32. The van der Waals surface area contributed by atoms with E-state index in [4.69, 9.17) is 0 Å². The van der Waals surface area contributed by atoms with Crippen molar-refractivity contribution in [1.82, 2.24) is 0 Å². The molecule has 5 rings (SSSR count). The number of aliphatic carboxylic acids is 1. The fourth-order valence-corrected chi connectivity index (χ4v) is 12.1. The van der Waals surface area contributed by atoms with Crippen LogP contribution in [0.5, 0.6) is 0 Å². The highest BCUT2D eigenvalue weighted by atomic mass is 16.4. The zero-order valence-corrected chi connectivity index (χ0v) is 24.4. The van der Waals surface area contributed by atoms with Gasteiger partial charge in [-0.2, -0.15) is 0 Å². The summed E-state index contributed by atoms with van der Waals surface area (Å²) in [7, 11) is 0. The first-order valence-corrected chi connectivity index (χ1v) is 15.2. The summed E-state index contributed by atoms with van der Waals surface area (Å²) in [6, 6.07) is 0. The number of Topliss-reactive ketones (excluding diaryl/α,β-unsaturated/α-hetero) is 1. The van der Waals surface area contributed by atoms with Crippen LogP contribution in [0.1, 0.15) is 119 Å². The van der Waals surface area contributed by atoms with Crippen LogP contribution in [-0.2, 0) is 9.59 Å². The number of hydrogen-bond donors (Lipinski definition) is 2. The van der Waals surface area contributed by atoms with E-state index in [2.05, 4.69) is 48.1 Å². The van der Waals surface area contributed by atoms with E-state index < -0.39 is 5.97 Å². The van der Waals surface area contributed by atoms with Crippen molar-refractivity contribution in [2.24, 2.45) is 56.7 Å². The fourth-order valence-electron chi connectivity index (χ4n) is 12.1. The molecule has 2 N–H and O–H groups in total. The van der Waals surface area contributed by atoms with Crippen molar-refractivity contribution in [3.63, 3.8) is 0 Å². The molecule has 0 heterocycles. The molecule has 37 heavy (non-hydrogen) atoms. The van der Waals surface area contributed by atoms with Gasteiger partial charge < -0.3 is 10.2 Å². The number of carboxylic acids is 1. The van der Waals surface area contributed by atoms with Crippen molar-refractivity contribution in [3.05, 3.63) is 12.2 Å². The molecule has 5 aliphatic rings. The van der Waals surface area contributed by atoms with Crippen molar-refractivity contribution in [1.29, 1.82) is 0 Å². The lowest BCUT2D eigenvalue weighted by Gasteiger charge is -2.73. The fraction of sp³-hybridized carbons (Fsp3) is 0.879. The Kier molecular flexibility index (Phi) is 6.42. The third-order valence-corrected chi connectivity index (χ3v) is 14.2. The third-order valence-electron chi connectivity index (χ3n) is 14.2. The van der Waals surface area contributed by atoms with Gasteiger partial charge in [0.05, 0.1) is 12.5 Å². The molecule has 208 valence electrons. The van der Waals surface area contributed by atoms with E-state index in [1.54, 1.807) is 0 Å². The van der Waals surface area contributed by atoms with E-state index >= 15 is 0 Å². The summed E-state index contributed by atoms with van der Waals surface area (Å²) in [5, 5.41) is 20.3.